The number of halogens is 3. The maximum Gasteiger partial charge on any atom is 0.160 e. The largest absolute Gasteiger partial charge is 0.397 e. The van der Waals surface area contributed by atoms with Crippen molar-refractivity contribution in [2.75, 3.05) is 18.8 Å². The zero-order valence-electron chi connectivity index (χ0n) is 15.4. The lowest BCUT2D eigenvalue weighted by atomic mass is 9.93. The Morgan fingerprint density at radius 3 is 2.07 bits per heavy atom. The monoisotopic (exact) mass is 393 g/mol. The molecule has 0 aliphatic rings. The third-order valence-electron chi connectivity index (χ3n) is 3.81. The Balaban J connectivity index is 0.000000527. The Morgan fingerprint density at radius 2 is 1.70 bits per heavy atom. The van der Waals surface area contributed by atoms with E-state index in [9.17, 15) is 13.6 Å². The second-order valence-corrected chi connectivity index (χ2v) is 6.06. The quantitative estimate of drug-likeness (QED) is 0.268. The second kappa shape index (κ2) is 10.0. The zero-order chi connectivity index (χ0) is 20.7. The molecule has 2 rings (SSSR count). The van der Waals surface area contributed by atoms with Gasteiger partial charge in [0.15, 0.2) is 5.78 Å². The van der Waals surface area contributed by atoms with Crippen LogP contribution in [0.5, 0.6) is 0 Å². The summed E-state index contributed by atoms with van der Waals surface area (Å²) in [4.78, 5) is 11.8. The van der Waals surface area contributed by atoms with Gasteiger partial charge in [-0.05, 0) is 30.7 Å². The van der Waals surface area contributed by atoms with Crippen LogP contribution in [0.3, 0.4) is 0 Å². The summed E-state index contributed by atoms with van der Waals surface area (Å²) in [5, 5.41) is 1.89. The average Bonchev–Trinajstić information content (AvgIpc) is 2.60. The molecule has 0 aliphatic carbocycles. The SMILES string of the molecule is C#Cc1c(Cl)cc(C(C)=O)c(-c2cc(F)cc(F)c2)c1N.CCN(N)CC. The molecular weight excluding hydrogens is 372 g/mol. The molecule has 0 aliphatic heterocycles. The Bertz CT molecular complexity index is 854. The van der Waals surface area contributed by atoms with Gasteiger partial charge in [0, 0.05) is 30.3 Å². The van der Waals surface area contributed by atoms with E-state index in [1.165, 1.54) is 13.0 Å². The molecule has 0 saturated carbocycles. The molecule has 0 radical (unpaired) electrons. The highest BCUT2D eigenvalue weighted by molar-refractivity contribution is 6.33. The van der Waals surface area contributed by atoms with Crippen molar-refractivity contribution in [2.45, 2.75) is 20.8 Å². The number of carbonyl (C=O) groups excluding carboxylic acids is 1. The molecule has 0 aromatic heterocycles. The van der Waals surface area contributed by atoms with Gasteiger partial charge >= 0.3 is 0 Å². The summed E-state index contributed by atoms with van der Waals surface area (Å²) in [5.74, 6) is 5.72. The summed E-state index contributed by atoms with van der Waals surface area (Å²) < 4.78 is 26.8. The number of rotatable bonds is 4. The first kappa shape index (κ1) is 22.6. The molecule has 0 unspecified atom stereocenters. The highest BCUT2D eigenvalue weighted by atomic mass is 35.5. The molecule has 0 bridgehead atoms. The normalized spacial score (nSPS) is 10.2. The van der Waals surface area contributed by atoms with E-state index < -0.39 is 11.6 Å². The summed E-state index contributed by atoms with van der Waals surface area (Å²) in [7, 11) is 0. The van der Waals surface area contributed by atoms with Gasteiger partial charge in [-0.15, -0.1) is 6.42 Å². The van der Waals surface area contributed by atoms with E-state index in [1.807, 2.05) is 13.8 Å². The summed E-state index contributed by atoms with van der Waals surface area (Å²) in [5.41, 5.74) is 6.63. The van der Waals surface area contributed by atoms with Crippen LogP contribution in [0.15, 0.2) is 24.3 Å². The number of hydrogen-bond donors (Lipinski definition) is 2. The fourth-order valence-corrected chi connectivity index (χ4v) is 2.59. The predicted molar refractivity (Wildman–Crippen MR) is 106 cm³/mol. The van der Waals surface area contributed by atoms with Crippen LogP contribution in [-0.4, -0.2) is 23.9 Å². The number of ketones is 1. The number of nitrogen functional groups attached to an aromatic ring is 1. The van der Waals surface area contributed by atoms with Crippen molar-refractivity contribution in [3.63, 3.8) is 0 Å². The fraction of sp³-hybridized carbons (Fsp3) is 0.250. The summed E-state index contributed by atoms with van der Waals surface area (Å²) in [6.45, 7) is 7.25. The van der Waals surface area contributed by atoms with Crippen molar-refractivity contribution in [3.8, 4) is 23.5 Å². The summed E-state index contributed by atoms with van der Waals surface area (Å²) in [6.07, 6.45) is 5.34. The molecule has 7 heteroatoms. The Kier molecular flexibility index (Phi) is 8.38. The fourth-order valence-electron chi connectivity index (χ4n) is 2.33. The number of hydrogen-bond acceptors (Lipinski definition) is 4. The van der Waals surface area contributed by atoms with Gasteiger partial charge in [0.25, 0.3) is 0 Å². The van der Waals surface area contributed by atoms with Gasteiger partial charge in [-0.2, -0.15) is 0 Å². The van der Waals surface area contributed by atoms with Crippen LogP contribution in [0.2, 0.25) is 5.02 Å². The maximum atomic E-state index is 13.4. The van der Waals surface area contributed by atoms with Gasteiger partial charge < -0.3 is 5.73 Å². The van der Waals surface area contributed by atoms with Crippen LogP contribution in [-0.2, 0) is 0 Å². The molecule has 2 aromatic carbocycles. The minimum Gasteiger partial charge on any atom is -0.397 e. The number of nitrogens with two attached hydrogens (primary N) is 2. The van der Waals surface area contributed by atoms with Crippen LogP contribution in [0, 0.1) is 24.0 Å². The van der Waals surface area contributed by atoms with Crippen molar-refractivity contribution in [2.24, 2.45) is 5.84 Å². The molecule has 144 valence electrons. The number of benzene rings is 2. The zero-order valence-corrected chi connectivity index (χ0v) is 16.2. The Morgan fingerprint density at radius 1 is 1.19 bits per heavy atom. The number of carbonyl (C=O) groups is 1. The lowest BCUT2D eigenvalue weighted by Crippen LogP contribution is -2.29. The highest BCUT2D eigenvalue weighted by Crippen LogP contribution is 2.37. The van der Waals surface area contributed by atoms with Gasteiger partial charge in [0.1, 0.15) is 11.6 Å². The van der Waals surface area contributed by atoms with E-state index in [4.69, 9.17) is 29.6 Å². The Labute approximate surface area is 163 Å². The molecule has 0 spiro atoms. The minimum absolute atomic E-state index is 0.0419. The first-order chi connectivity index (χ1) is 12.7. The first-order valence-electron chi connectivity index (χ1n) is 8.21. The first-order valence-corrected chi connectivity index (χ1v) is 8.59. The van der Waals surface area contributed by atoms with Crippen LogP contribution < -0.4 is 11.6 Å². The molecule has 27 heavy (non-hydrogen) atoms. The van der Waals surface area contributed by atoms with E-state index >= 15 is 0 Å². The van der Waals surface area contributed by atoms with Gasteiger partial charge in [-0.25, -0.2) is 13.8 Å². The third-order valence-corrected chi connectivity index (χ3v) is 4.10. The topological polar surface area (TPSA) is 72.4 Å². The summed E-state index contributed by atoms with van der Waals surface area (Å²) in [6, 6.07) is 4.24. The molecule has 4 nitrogen and oxygen atoms in total. The maximum absolute atomic E-state index is 13.4. The molecule has 0 heterocycles. The van der Waals surface area contributed by atoms with E-state index in [0.29, 0.717) is 0 Å². The lowest BCUT2D eigenvalue weighted by molar-refractivity contribution is 0.101. The van der Waals surface area contributed by atoms with Gasteiger partial charge in [0.2, 0.25) is 0 Å². The molecule has 0 amide bonds. The van der Waals surface area contributed by atoms with Crippen LogP contribution in [0.4, 0.5) is 14.5 Å². The molecular formula is C20H22ClF2N3O. The van der Waals surface area contributed by atoms with Crippen molar-refractivity contribution in [1.82, 2.24) is 5.01 Å². The molecule has 4 N–H and O–H groups in total. The Hall–Kier alpha value is -2.46. The summed E-state index contributed by atoms with van der Waals surface area (Å²) >= 11 is 5.98. The number of nitrogens with zero attached hydrogens (tertiary/aromatic N) is 1. The van der Waals surface area contributed by atoms with Crippen LogP contribution >= 0.6 is 11.6 Å². The average molecular weight is 394 g/mol. The van der Waals surface area contributed by atoms with Gasteiger partial charge in [-0.3, -0.25) is 10.6 Å². The highest BCUT2D eigenvalue weighted by Gasteiger charge is 2.19. The van der Waals surface area contributed by atoms with E-state index in [0.717, 1.165) is 31.3 Å². The molecule has 0 fully saturated rings. The van der Waals surface area contributed by atoms with Gasteiger partial charge in [0.05, 0.1) is 16.3 Å². The van der Waals surface area contributed by atoms with Crippen molar-refractivity contribution in [3.05, 3.63) is 52.0 Å². The van der Waals surface area contributed by atoms with Crippen LogP contribution in [0.1, 0.15) is 36.7 Å². The number of hydrazine groups is 1. The number of Topliss-reactive ketones (excluding diaryl/α,β-unsaturated/α-hetero) is 1. The smallest absolute Gasteiger partial charge is 0.160 e. The molecule has 2 aromatic rings. The minimum atomic E-state index is -0.781. The standard InChI is InChI=1S/C16H10ClF2NO.C4H12N2/c1-3-12-14(17)7-13(8(2)21)15(16(12)20)9-4-10(18)6-11(19)5-9;1-3-6(5)4-2/h1,4-7H,20H2,2H3;3-5H2,1-2H3. The van der Waals surface area contributed by atoms with Crippen LogP contribution in [0.25, 0.3) is 11.1 Å². The second-order valence-electron chi connectivity index (χ2n) is 5.65. The van der Waals surface area contributed by atoms with E-state index in [-0.39, 0.29) is 38.7 Å². The number of terminal acetylenes is 1. The predicted octanol–water partition coefficient (Wildman–Crippen LogP) is 4.25. The lowest BCUT2D eigenvalue weighted by Gasteiger charge is -2.14. The van der Waals surface area contributed by atoms with Crippen molar-refractivity contribution in [1.29, 1.82) is 0 Å². The van der Waals surface area contributed by atoms with E-state index in [1.54, 1.807) is 5.01 Å². The van der Waals surface area contributed by atoms with Crippen molar-refractivity contribution < 1.29 is 13.6 Å². The van der Waals surface area contributed by atoms with E-state index in [2.05, 4.69) is 5.92 Å². The molecule has 0 atom stereocenters. The third kappa shape index (κ3) is 5.76. The van der Waals surface area contributed by atoms with Gasteiger partial charge in [-0.1, -0.05) is 31.4 Å². The number of anilines is 1. The molecule has 0 saturated heterocycles. The van der Waals surface area contributed by atoms with Crippen molar-refractivity contribution >= 4 is 23.1 Å².